The monoisotopic (exact) mass is 326 g/mol. The van der Waals surface area contributed by atoms with Crippen LogP contribution < -0.4 is 0 Å². The maximum Gasteiger partial charge on any atom is 0.308 e. The number of rotatable bonds is 12. The SMILES string of the molecule is CC(C)[C@@H](C)C(=O)OCCCC[C@H](CON(O)O)ON(O)O. The van der Waals surface area contributed by atoms with Crippen LogP contribution in [-0.4, -0.2) is 56.9 Å². The highest BCUT2D eigenvalue weighted by Crippen LogP contribution is 2.12. The summed E-state index contributed by atoms with van der Waals surface area (Å²) in [5.41, 5.74) is 0. The smallest absolute Gasteiger partial charge is 0.308 e. The topological polar surface area (TPSA) is 132 Å². The van der Waals surface area contributed by atoms with E-state index in [0.717, 1.165) is 0 Å². The predicted octanol–water partition coefficient (Wildman–Crippen LogP) is 1.38. The molecule has 0 aliphatic rings. The zero-order valence-electron chi connectivity index (χ0n) is 13.1. The van der Waals surface area contributed by atoms with E-state index in [4.69, 9.17) is 25.6 Å². The molecule has 0 saturated heterocycles. The molecule has 0 unspecified atom stereocenters. The third kappa shape index (κ3) is 10.8. The van der Waals surface area contributed by atoms with Crippen molar-refractivity contribution in [2.24, 2.45) is 11.8 Å². The van der Waals surface area contributed by atoms with Crippen LogP contribution in [0.3, 0.4) is 0 Å². The highest BCUT2D eigenvalue weighted by atomic mass is 17.1. The average Bonchev–Trinajstić information content (AvgIpc) is 2.42. The normalized spacial score (nSPS) is 14.6. The molecule has 0 aromatic carbocycles. The van der Waals surface area contributed by atoms with E-state index in [0.29, 0.717) is 19.3 Å². The van der Waals surface area contributed by atoms with Gasteiger partial charge in [0.15, 0.2) is 0 Å². The quantitative estimate of drug-likeness (QED) is 0.237. The van der Waals surface area contributed by atoms with Crippen molar-refractivity contribution in [1.82, 2.24) is 10.8 Å². The third-order valence-electron chi connectivity index (χ3n) is 3.16. The lowest BCUT2D eigenvalue weighted by molar-refractivity contribution is -0.527. The molecule has 0 aliphatic heterocycles. The number of hydrogen-bond donors (Lipinski definition) is 4. The van der Waals surface area contributed by atoms with Gasteiger partial charge >= 0.3 is 5.97 Å². The fraction of sp³-hybridized carbons (Fsp3) is 0.917. The maximum absolute atomic E-state index is 11.6. The summed E-state index contributed by atoms with van der Waals surface area (Å²) in [6.45, 7) is 5.62. The van der Waals surface area contributed by atoms with E-state index in [2.05, 4.69) is 9.68 Å². The van der Waals surface area contributed by atoms with E-state index in [1.165, 1.54) is 0 Å². The molecular formula is C12H26N2O8. The average molecular weight is 326 g/mol. The van der Waals surface area contributed by atoms with Gasteiger partial charge in [-0.2, -0.15) is 0 Å². The lowest BCUT2D eigenvalue weighted by atomic mass is 9.99. The fourth-order valence-corrected chi connectivity index (χ4v) is 1.50. The molecule has 22 heavy (non-hydrogen) atoms. The Morgan fingerprint density at radius 3 is 2.18 bits per heavy atom. The zero-order chi connectivity index (χ0) is 17.1. The Balaban J connectivity index is 3.90. The van der Waals surface area contributed by atoms with Crippen molar-refractivity contribution in [2.45, 2.75) is 46.1 Å². The Labute approximate surface area is 129 Å². The van der Waals surface area contributed by atoms with Crippen molar-refractivity contribution in [3.05, 3.63) is 0 Å². The minimum atomic E-state index is -0.818. The molecule has 0 bridgehead atoms. The number of hydrogen-bond acceptors (Lipinski definition) is 10. The molecule has 4 N–H and O–H groups in total. The Bertz CT molecular complexity index is 301. The summed E-state index contributed by atoms with van der Waals surface area (Å²) >= 11 is 0. The van der Waals surface area contributed by atoms with Gasteiger partial charge in [0.1, 0.15) is 12.7 Å². The van der Waals surface area contributed by atoms with Gasteiger partial charge in [0.05, 0.1) is 23.3 Å². The van der Waals surface area contributed by atoms with Crippen LogP contribution in [0, 0.1) is 11.8 Å². The largest absolute Gasteiger partial charge is 0.465 e. The summed E-state index contributed by atoms with van der Waals surface area (Å²) in [7, 11) is 0. The molecule has 10 heteroatoms. The summed E-state index contributed by atoms with van der Waals surface area (Å²) in [6, 6.07) is 0. The molecular weight excluding hydrogens is 300 g/mol. The zero-order valence-corrected chi connectivity index (χ0v) is 13.1. The van der Waals surface area contributed by atoms with E-state index < -0.39 is 16.9 Å². The van der Waals surface area contributed by atoms with E-state index in [-0.39, 0.29) is 31.0 Å². The summed E-state index contributed by atoms with van der Waals surface area (Å²) in [5, 5.41) is 33.0. The van der Waals surface area contributed by atoms with Crippen molar-refractivity contribution >= 4 is 5.97 Å². The number of carbonyl (C=O) groups is 1. The Kier molecular flexibility index (Phi) is 11.2. The number of unbranched alkanes of at least 4 members (excludes halogenated alkanes) is 1. The summed E-state index contributed by atoms with van der Waals surface area (Å²) in [5.74, 6) is -0.205. The number of ether oxygens (including phenoxy) is 1. The van der Waals surface area contributed by atoms with Crippen LogP contribution >= 0.6 is 0 Å². The molecule has 0 spiro atoms. The van der Waals surface area contributed by atoms with E-state index >= 15 is 0 Å². The van der Waals surface area contributed by atoms with Crippen molar-refractivity contribution in [3.63, 3.8) is 0 Å². The molecule has 0 aromatic heterocycles. The highest BCUT2D eigenvalue weighted by Gasteiger charge is 2.18. The molecule has 10 nitrogen and oxygen atoms in total. The van der Waals surface area contributed by atoms with Gasteiger partial charge in [0.2, 0.25) is 0 Å². The van der Waals surface area contributed by atoms with Gasteiger partial charge in [-0.05, 0) is 25.2 Å². The molecule has 2 atom stereocenters. The molecule has 132 valence electrons. The van der Waals surface area contributed by atoms with E-state index in [9.17, 15) is 4.79 Å². The van der Waals surface area contributed by atoms with Crippen LogP contribution in [-0.2, 0) is 19.2 Å². The van der Waals surface area contributed by atoms with Gasteiger partial charge < -0.3 is 4.74 Å². The number of nitrogens with zero attached hydrogens (tertiary/aromatic N) is 2. The van der Waals surface area contributed by atoms with Crippen LogP contribution in [0.5, 0.6) is 0 Å². The van der Waals surface area contributed by atoms with E-state index in [1.807, 2.05) is 13.8 Å². The molecule has 0 saturated carbocycles. The minimum Gasteiger partial charge on any atom is -0.465 e. The van der Waals surface area contributed by atoms with Crippen molar-refractivity contribution in [2.75, 3.05) is 13.2 Å². The summed E-state index contributed by atoms with van der Waals surface area (Å²) in [4.78, 5) is 20.5. The summed E-state index contributed by atoms with van der Waals surface area (Å²) < 4.78 is 5.12. The standard InChI is InChI=1S/C12H26N2O8/c1-9(2)10(3)12(15)20-7-5-4-6-11(22-14(18)19)8-21-13(16)17/h9-11,16-19H,4-8H2,1-3H3/t10-,11-/m1/s1. The predicted molar refractivity (Wildman–Crippen MR) is 70.5 cm³/mol. The van der Waals surface area contributed by atoms with Crippen LogP contribution in [0.25, 0.3) is 0 Å². The molecule has 0 fully saturated rings. The second-order valence-corrected chi connectivity index (χ2v) is 5.22. The van der Waals surface area contributed by atoms with Gasteiger partial charge in [-0.3, -0.25) is 25.6 Å². The maximum atomic E-state index is 11.6. The van der Waals surface area contributed by atoms with Gasteiger partial charge in [-0.25, -0.2) is 9.68 Å². The lowest BCUT2D eigenvalue weighted by Crippen LogP contribution is -2.31. The molecule has 0 aliphatic carbocycles. The van der Waals surface area contributed by atoms with Crippen LogP contribution in [0.4, 0.5) is 0 Å². The first-order valence-corrected chi connectivity index (χ1v) is 7.06. The second-order valence-electron chi connectivity index (χ2n) is 5.22. The van der Waals surface area contributed by atoms with Crippen molar-refractivity contribution < 1.29 is 40.0 Å². The summed E-state index contributed by atoms with van der Waals surface area (Å²) in [6.07, 6.45) is 0.599. The van der Waals surface area contributed by atoms with Crippen LogP contribution in [0.1, 0.15) is 40.0 Å². The Hall–Kier alpha value is -0.850. The Morgan fingerprint density at radius 1 is 1.05 bits per heavy atom. The third-order valence-corrected chi connectivity index (χ3v) is 3.16. The number of carbonyl (C=O) groups excluding carboxylic acids is 1. The first-order chi connectivity index (χ1) is 10.2. The van der Waals surface area contributed by atoms with Gasteiger partial charge in [0.25, 0.3) is 0 Å². The first kappa shape index (κ1) is 21.1. The van der Waals surface area contributed by atoms with Crippen molar-refractivity contribution in [3.8, 4) is 0 Å². The second kappa shape index (κ2) is 11.7. The first-order valence-electron chi connectivity index (χ1n) is 7.06. The van der Waals surface area contributed by atoms with Gasteiger partial charge in [-0.1, -0.05) is 20.8 Å². The Morgan fingerprint density at radius 2 is 1.68 bits per heavy atom. The molecule has 0 rings (SSSR count). The van der Waals surface area contributed by atoms with Crippen molar-refractivity contribution in [1.29, 1.82) is 0 Å². The minimum absolute atomic E-state index is 0.165. The molecule has 0 amide bonds. The number of esters is 1. The molecule has 0 heterocycles. The van der Waals surface area contributed by atoms with Gasteiger partial charge in [-0.15, -0.1) is 0 Å². The molecule has 0 aromatic rings. The lowest BCUT2D eigenvalue weighted by Gasteiger charge is -2.19. The van der Waals surface area contributed by atoms with Crippen LogP contribution in [0.2, 0.25) is 0 Å². The highest BCUT2D eigenvalue weighted by molar-refractivity contribution is 5.72. The van der Waals surface area contributed by atoms with E-state index in [1.54, 1.807) is 6.92 Å². The van der Waals surface area contributed by atoms with Gasteiger partial charge in [0, 0.05) is 0 Å². The fourth-order valence-electron chi connectivity index (χ4n) is 1.50. The van der Waals surface area contributed by atoms with Crippen LogP contribution in [0.15, 0.2) is 0 Å². The molecule has 0 radical (unpaired) electrons.